The Morgan fingerprint density at radius 1 is 1.06 bits per heavy atom. The Balaban J connectivity index is 1.71. The SMILES string of the molecule is COc1cc(/C=C/C(=O)N(C)Cc2cccc([N+](=O)[O-])c2)ccc1OS(=O)(=O)c1ccc(C)cc1. The second-order valence-electron chi connectivity index (χ2n) is 7.72. The molecule has 0 N–H and O–H groups in total. The van der Waals surface area contributed by atoms with Crippen molar-refractivity contribution < 1.29 is 27.1 Å². The van der Waals surface area contributed by atoms with Gasteiger partial charge in [0.05, 0.1) is 12.0 Å². The Morgan fingerprint density at radius 2 is 1.77 bits per heavy atom. The van der Waals surface area contributed by atoms with Crippen molar-refractivity contribution in [2.75, 3.05) is 14.2 Å². The quantitative estimate of drug-likeness (QED) is 0.187. The highest BCUT2D eigenvalue weighted by atomic mass is 32.2. The molecule has 0 fully saturated rings. The number of nitro groups is 1. The van der Waals surface area contributed by atoms with Crippen LogP contribution >= 0.6 is 0 Å². The maximum Gasteiger partial charge on any atom is 0.339 e. The van der Waals surface area contributed by atoms with Gasteiger partial charge in [-0.05, 0) is 48.4 Å². The van der Waals surface area contributed by atoms with Crippen LogP contribution in [0.2, 0.25) is 0 Å². The molecule has 182 valence electrons. The highest BCUT2D eigenvalue weighted by Crippen LogP contribution is 2.31. The standard InChI is InChI=1S/C25H24N2O7S/c1-18-7-11-22(12-8-18)35(31,32)34-23-13-9-19(16-24(23)33-3)10-14-25(28)26(2)17-20-5-4-6-21(15-20)27(29)30/h4-16H,17H2,1-3H3/b14-10+. The summed E-state index contributed by atoms with van der Waals surface area (Å²) < 4.78 is 35.7. The minimum absolute atomic E-state index is 0.0133. The van der Waals surface area contributed by atoms with Crippen LogP contribution in [0, 0.1) is 17.0 Å². The summed E-state index contributed by atoms with van der Waals surface area (Å²) in [6, 6.07) is 16.9. The topological polar surface area (TPSA) is 116 Å². The number of carbonyl (C=O) groups is 1. The van der Waals surface area contributed by atoms with E-state index in [0.29, 0.717) is 11.1 Å². The second kappa shape index (κ2) is 10.8. The summed E-state index contributed by atoms with van der Waals surface area (Å²) in [7, 11) is -1.09. The third-order valence-electron chi connectivity index (χ3n) is 5.03. The molecule has 0 aliphatic carbocycles. The van der Waals surface area contributed by atoms with E-state index in [9.17, 15) is 23.3 Å². The molecule has 0 saturated carbocycles. The first-order valence-corrected chi connectivity index (χ1v) is 11.9. The number of nitrogens with zero attached hydrogens (tertiary/aromatic N) is 2. The number of rotatable bonds is 9. The lowest BCUT2D eigenvalue weighted by molar-refractivity contribution is -0.384. The summed E-state index contributed by atoms with van der Waals surface area (Å²) in [5.74, 6) is -0.127. The van der Waals surface area contributed by atoms with Gasteiger partial charge >= 0.3 is 10.1 Å². The molecule has 0 heterocycles. The molecular formula is C25H24N2O7S. The van der Waals surface area contributed by atoms with Gasteiger partial charge in [-0.3, -0.25) is 14.9 Å². The van der Waals surface area contributed by atoms with Gasteiger partial charge in [-0.1, -0.05) is 35.9 Å². The normalized spacial score (nSPS) is 11.3. The minimum Gasteiger partial charge on any atom is -0.493 e. The average molecular weight is 497 g/mol. The molecule has 0 aromatic heterocycles. The Kier molecular flexibility index (Phi) is 7.87. The maximum absolute atomic E-state index is 12.6. The molecule has 3 aromatic carbocycles. The van der Waals surface area contributed by atoms with Gasteiger partial charge in [0.25, 0.3) is 5.69 Å². The number of aryl methyl sites for hydroxylation is 1. The number of non-ortho nitro benzene ring substituents is 1. The molecule has 0 radical (unpaired) electrons. The van der Waals surface area contributed by atoms with Crippen LogP contribution in [0.1, 0.15) is 16.7 Å². The first-order chi connectivity index (χ1) is 16.6. The molecule has 10 heteroatoms. The number of carbonyl (C=O) groups excluding carboxylic acids is 1. The number of hydrogen-bond donors (Lipinski definition) is 0. The van der Waals surface area contributed by atoms with Crippen molar-refractivity contribution >= 4 is 27.8 Å². The van der Waals surface area contributed by atoms with Crippen molar-refractivity contribution in [2.45, 2.75) is 18.4 Å². The van der Waals surface area contributed by atoms with Crippen molar-refractivity contribution in [2.24, 2.45) is 0 Å². The van der Waals surface area contributed by atoms with E-state index in [-0.39, 0.29) is 34.5 Å². The zero-order chi connectivity index (χ0) is 25.6. The lowest BCUT2D eigenvalue weighted by atomic mass is 10.1. The molecule has 1 amide bonds. The number of likely N-dealkylation sites (N-methyl/N-ethyl adjacent to an activating group) is 1. The van der Waals surface area contributed by atoms with Crippen molar-refractivity contribution in [3.05, 3.63) is 99.6 Å². The van der Waals surface area contributed by atoms with E-state index in [1.807, 2.05) is 6.92 Å². The molecule has 0 aliphatic heterocycles. The molecule has 3 rings (SSSR count). The lowest BCUT2D eigenvalue weighted by Gasteiger charge is -2.15. The molecule has 0 atom stereocenters. The summed E-state index contributed by atoms with van der Waals surface area (Å²) >= 11 is 0. The summed E-state index contributed by atoms with van der Waals surface area (Å²) in [5, 5.41) is 10.9. The first kappa shape index (κ1) is 25.4. The minimum atomic E-state index is -4.05. The molecule has 9 nitrogen and oxygen atoms in total. The molecule has 0 bridgehead atoms. The number of ether oxygens (including phenoxy) is 1. The number of methoxy groups -OCH3 is 1. The summed E-state index contributed by atoms with van der Waals surface area (Å²) in [5.41, 5.74) is 2.08. The van der Waals surface area contributed by atoms with Gasteiger partial charge in [-0.2, -0.15) is 8.42 Å². The predicted molar refractivity (Wildman–Crippen MR) is 131 cm³/mol. The molecule has 3 aromatic rings. The monoisotopic (exact) mass is 496 g/mol. The van der Waals surface area contributed by atoms with Gasteiger partial charge in [0.1, 0.15) is 4.90 Å². The van der Waals surface area contributed by atoms with Crippen molar-refractivity contribution in [1.29, 1.82) is 0 Å². The van der Waals surface area contributed by atoms with E-state index in [0.717, 1.165) is 5.56 Å². The van der Waals surface area contributed by atoms with E-state index in [4.69, 9.17) is 8.92 Å². The fourth-order valence-electron chi connectivity index (χ4n) is 3.14. The van der Waals surface area contributed by atoms with Gasteiger partial charge < -0.3 is 13.8 Å². The van der Waals surface area contributed by atoms with E-state index in [1.165, 1.54) is 48.4 Å². The largest absolute Gasteiger partial charge is 0.493 e. The van der Waals surface area contributed by atoms with Crippen LogP contribution in [0.5, 0.6) is 11.5 Å². The Morgan fingerprint density at radius 3 is 2.43 bits per heavy atom. The Bertz CT molecular complexity index is 1370. The van der Waals surface area contributed by atoms with Crippen LogP contribution in [0.4, 0.5) is 5.69 Å². The van der Waals surface area contributed by atoms with E-state index in [1.54, 1.807) is 49.5 Å². The van der Waals surface area contributed by atoms with E-state index in [2.05, 4.69) is 0 Å². The summed E-state index contributed by atoms with van der Waals surface area (Å²) in [6.07, 6.45) is 2.89. The lowest BCUT2D eigenvalue weighted by Crippen LogP contribution is -2.24. The molecular weight excluding hydrogens is 472 g/mol. The fraction of sp³-hybridized carbons (Fsp3) is 0.160. The Labute approximate surface area is 203 Å². The van der Waals surface area contributed by atoms with Crippen LogP contribution in [0.15, 0.2) is 77.7 Å². The highest BCUT2D eigenvalue weighted by molar-refractivity contribution is 7.87. The smallest absolute Gasteiger partial charge is 0.339 e. The zero-order valence-electron chi connectivity index (χ0n) is 19.4. The van der Waals surface area contributed by atoms with Gasteiger partial charge in [0.2, 0.25) is 5.91 Å². The highest BCUT2D eigenvalue weighted by Gasteiger charge is 2.19. The number of nitro benzene ring substituents is 1. The van der Waals surface area contributed by atoms with Crippen molar-refractivity contribution in [1.82, 2.24) is 4.90 Å². The molecule has 0 spiro atoms. The predicted octanol–water partition coefficient (Wildman–Crippen LogP) is 4.35. The van der Waals surface area contributed by atoms with Crippen LogP contribution in [-0.4, -0.2) is 38.3 Å². The van der Waals surface area contributed by atoms with Gasteiger partial charge in [-0.25, -0.2) is 0 Å². The van der Waals surface area contributed by atoms with Crippen LogP contribution in [-0.2, 0) is 21.5 Å². The average Bonchev–Trinajstić information content (AvgIpc) is 2.83. The molecule has 0 aliphatic rings. The molecule has 35 heavy (non-hydrogen) atoms. The van der Waals surface area contributed by atoms with Crippen molar-refractivity contribution in [3.63, 3.8) is 0 Å². The van der Waals surface area contributed by atoms with Crippen LogP contribution < -0.4 is 8.92 Å². The van der Waals surface area contributed by atoms with E-state index < -0.39 is 15.0 Å². The summed E-state index contributed by atoms with van der Waals surface area (Å²) in [6.45, 7) is 2.04. The van der Waals surface area contributed by atoms with Gasteiger partial charge in [0, 0.05) is 31.8 Å². The number of hydrogen-bond acceptors (Lipinski definition) is 7. The third kappa shape index (κ3) is 6.67. The first-order valence-electron chi connectivity index (χ1n) is 10.4. The van der Waals surface area contributed by atoms with E-state index >= 15 is 0 Å². The van der Waals surface area contributed by atoms with Crippen molar-refractivity contribution in [3.8, 4) is 11.5 Å². The fourth-order valence-corrected chi connectivity index (χ4v) is 4.08. The number of benzene rings is 3. The molecule has 0 unspecified atom stereocenters. The van der Waals surface area contributed by atoms with Gasteiger partial charge in [-0.15, -0.1) is 0 Å². The summed E-state index contributed by atoms with van der Waals surface area (Å²) in [4.78, 5) is 24.4. The van der Waals surface area contributed by atoms with Gasteiger partial charge in [0.15, 0.2) is 11.5 Å². The third-order valence-corrected chi connectivity index (χ3v) is 6.28. The second-order valence-corrected chi connectivity index (χ2v) is 9.26. The van der Waals surface area contributed by atoms with Crippen LogP contribution in [0.3, 0.4) is 0 Å². The maximum atomic E-state index is 12.6. The Hall–Kier alpha value is -4.18. The molecule has 0 saturated heterocycles. The van der Waals surface area contributed by atoms with Crippen LogP contribution in [0.25, 0.3) is 6.08 Å². The zero-order valence-corrected chi connectivity index (χ0v) is 20.2. The number of amides is 1.